The van der Waals surface area contributed by atoms with E-state index in [0.717, 1.165) is 13.0 Å². The molecule has 1 fully saturated rings. The van der Waals surface area contributed by atoms with E-state index in [9.17, 15) is 9.18 Å². The van der Waals surface area contributed by atoms with Gasteiger partial charge in [0.2, 0.25) is 0 Å². The van der Waals surface area contributed by atoms with Gasteiger partial charge in [-0.25, -0.2) is 4.39 Å². The molecule has 1 unspecified atom stereocenters. The van der Waals surface area contributed by atoms with Gasteiger partial charge in [0.15, 0.2) is 17.3 Å². The lowest BCUT2D eigenvalue weighted by Gasteiger charge is -2.19. The Hall–Kier alpha value is -1.42. The number of benzene rings is 1. The van der Waals surface area contributed by atoms with E-state index in [1.807, 2.05) is 0 Å². The fourth-order valence-corrected chi connectivity index (χ4v) is 2.49. The fourth-order valence-electron chi connectivity index (χ4n) is 2.49. The van der Waals surface area contributed by atoms with Gasteiger partial charge in [-0.3, -0.25) is 4.79 Å². The van der Waals surface area contributed by atoms with Gasteiger partial charge < -0.3 is 9.64 Å². The number of hydrogen-bond acceptors (Lipinski definition) is 3. The van der Waals surface area contributed by atoms with Crippen LogP contribution in [0, 0.1) is 5.82 Å². The van der Waals surface area contributed by atoms with E-state index in [1.54, 1.807) is 6.07 Å². The molecular weight excluding hydrogens is 245 g/mol. The molecule has 0 radical (unpaired) electrons. The molecule has 19 heavy (non-hydrogen) atoms. The summed E-state index contributed by atoms with van der Waals surface area (Å²) in [6, 6.07) is 4.91. The summed E-state index contributed by atoms with van der Waals surface area (Å²) in [6.07, 6.45) is 3.32. The molecule has 3 nitrogen and oxygen atoms in total. The van der Waals surface area contributed by atoms with E-state index < -0.39 is 5.82 Å². The molecule has 1 aliphatic rings. The third-order valence-electron chi connectivity index (χ3n) is 3.72. The smallest absolute Gasteiger partial charge is 0.165 e. The average Bonchev–Trinajstić information content (AvgIpc) is 2.77. The first-order valence-corrected chi connectivity index (χ1v) is 6.71. The normalized spacial score (nSPS) is 19.6. The highest BCUT2D eigenvalue weighted by Crippen LogP contribution is 2.21. The lowest BCUT2D eigenvalue weighted by molar-refractivity contribution is 0.101. The van der Waals surface area contributed by atoms with E-state index in [1.165, 1.54) is 31.9 Å². The van der Waals surface area contributed by atoms with Gasteiger partial charge >= 0.3 is 0 Å². The Labute approximate surface area is 113 Å². The van der Waals surface area contributed by atoms with Crippen molar-refractivity contribution in [3.63, 3.8) is 0 Å². The quantitative estimate of drug-likeness (QED) is 0.767. The minimum absolute atomic E-state index is 0.141. The summed E-state index contributed by atoms with van der Waals surface area (Å²) >= 11 is 0. The van der Waals surface area contributed by atoms with Crippen molar-refractivity contribution in [1.82, 2.24) is 4.90 Å². The van der Waals surface area contributed by atoms with Crippen molar-refractivity contribution < 1.29 is 13.9 Å². The Kier molecular flexibility index (Phi) is 4.53. The van der Waals surface area contributed by atoms with Crippen molar-refractivity contribution in [2.75, 3.05) is 20.2 Å². The summed E-state index contributed by atoms with van der Waals surface area (Å²) in [5, 5.41) is 0. The number of nitrogens with zero attached hydrogens (tertiary/aromatic N) is 1. The van der Waals surface area contributed by atoms with Crippen LogP contribution in [-0.4, -0.2) is 36.9 Å². The number of Topliss-reactive ketones (excluding diaryl/α,β-unsaturated/α-hetero) is 1. The molecular formula is C15H20FNO2. The van der Waals surface area contributed by atoms with Crippen molar-refractivity contribution >= 4 is 5.78 Å². The second kappa shape index (κ2) is 6.15. The van der Waals surface area contributed by atoms with Gasteiger partial charge in [-0.05, 0) is 58.0 Å². The number of likely N-dealkylation sites (tertiary alicyclic amines) is 1. The molecule has 1 aromatic carbocycles. The Morgan fingerprint density at radius 1 is 1.53 bits per heavy atom. The summed E-state index contributed by atoms with van der Waals surface area (Å²) in [5.74, 6) is -0.379. The first-order chi connectivity index (χ1) is 9.08. The van der Waals surface area contributed by atoms with Crippen molar-refractivity contribution in [3.8, 4) is 5.75 Å². The number of rotatable bonds is 5. The van der Waals surface area contributed by atoms with Crippen LogP contribution in [0.2, 0.25) is 0 Å². The molecule has 1 aliphatic heterocycles. The predicted molar refractivity (Wildman–Crippen MR) is 72.2 cm³/mol. The van der Waals surface area contributed by atoms with Crippen LogP contribution in [-0.2, 0) is 0 Å². The molecule has 0 aliphatic carbocycles. The monoisotopic (exact) mass is 265 g/mol. The molecule has 0 saturated carbocycles. The van der Waals surface area contributed by atoms with Crippen molar-refractivity contribution in [2.24, 2.45) is 0 Å². The zero-order chi connectivity index (χ0) is 13.8. The topological polar surface area (TPSA) is 29.5 Å². The highest BCUT2D eigenvalue weighted by atomic mass is 19.1. The van der Waals surface area contributed by atoms with E-state index in [0.29, 0.717) is 18.2 Å². The largest absolute Gasteiger partial charge is 0.490 e. The lowest BCUT2D eigenvalue weighted by atomic mass is 10.1. The molecule has 2 rings (SSSR count). The number of halogens is 1. The summed E-state index contributed by atoms with van der Waals surface area (Å²) < 4.78 is 19.2. The molecule has 1 saturated heterocycles. The van der Waals surface area contributed by atoms with Gasteiger partial charge in [-0.15, -0.1) is 0 Å². The molecule has 1 aromatic rings. The predicted octanol–water partition coefficient (Wildman–Crippen LogP) is 2.89. The van der Waals surface area contributed by atoms with E-state index in [4.69, 9.17) is 4.74 Å². The SMILES string of the molecule is CC(=O)c1ccc(OCCC2CCCN2C)c(F)c1. The van der Waals surface area contributed by atoms with E-state index >= 15 is 0 Å². The third-order valence-corrected chi connectivity index (χ3v) is 3.72. The van der Waals surface area contributed by atoms with Crippen LogP contribution < -0.4 is 4.74 Å². The van der Waals surface area contributed by atoms with Crippen LogP contribution >= 0.6 is 0 Å². The molecule has 4 heteroatoms. The van der Waals surface area contributed by atoms with Gasteiger partial charge in [0.25, 0.3) is 0 Å². The minimum Gasteiger partial charge on any atom is -0.490 e. The minimum atomic E-state index is -0.465. The van der Waals surface area contributed by atoms with Gasteiger partial charge in [0.1, 0.15) is 0 Å². The van der Waals surface area contributed by atoms with Gasteiger partial charge in [-0.1, -0.05) is 0 Å². The Morgan fingerprint density at radius 3 is 2.89 bits per heavy atom. The summed E-state index contributed by atoms with van der Waals surface area (Å²) in [4.78, 5) is 13.4. The van der Waals surface area contributed by atoms with Crippen molar-refractivity contribution in [2.45, 2.75) is 32.2 Å². The maximum Gasteiger partial charge on any atom is 0.165 e. The number of carbonyl (C=O) groups is 1. The standard InChI is InChI=1S/C15H20FNO2/c1-11(18)12-5-6-15(14(16)10-12)19-9-7-13-4-3-8-17(13)2/h5-6,10,13H,3-4,7-9H2,1-2H3. The zero-order valence-electron chi connectivity index (χ0n) is 11.5. The van der Waals surface area contributed by atoms with Crippen molar-refractivity contribution in [1.29, 1.82) is 0 Å². The number of hydrogen-bond donors (Lipinski definition) is 0. The third kappa shape index (κ3) is 3.53. The second-order valence-corrected chi connectivity index (χ2v) is 5.12. The molecule has 104 valence electrons. The molecule has 1 atom stereocenters. The van der Waals surface area contributed by atoms with Crippen LogP contribution in [0.5, 0.6) is 5.75 Å². The Balaban J connectivity index is 1.87. The van der Waals surface area contributed by atoms with Crippen LogP contribution in [0.15, 0.2) is 18.2 Å². The van der Waals surface area contributed by atoms with Gasteiger partial charge in [0, 0.05) is 11.6 Å². The van der Waals surface area contributed by atoms with Gasteiger partial charge in [-0.2, -0.15) is 0 Å². The molecule has 0 bridgehead atoms. The van der Waals surface area contributed by atoms with Crippen LogP contribution in [0.4, 0.5) is 4.39 Å². The molecule has 1 heterocycles. The molecule has 0 N–H and O–H groups in total. The first kappa shape index (κ1) is 14.0. The van der Waals surface area contributed by atoms with E-state index in [-0.39, 0.29) is 11.5 Å². The second-order valence-electron chi connectivity index (χ2n) is 5.12. The van der Waals surface area contributed by atoms with E-state index in [2.05, 4.69) is 11.9 Å². The summed E-state index contributed by atoms with van der Waals surface area (Å²) in [5.41, 5.74) is 0.375. The van der Waals surface area contributed by atoms with Crippen molar-refractivity contribution in [3.05, 3.63) is 29.6 Å². The average molecular weight is 265 g/mol. The first-order valence-electron chi connectivity index (χ1n) is 6.71. The van der Waals surface area contributed by atoms with Crippen LogP contribution in [0.25, 0.3) is 0 Å². The number of ether oxygens (including phenoxy) is 1. The maximum absolute atomic E-state index is 13.7. The number of ketones is 1. The summed E-state index contributed by atoms with van der Waals surface area (Å²) in [7, 11) is 2.11. The Morgan fingerprint density at radius 2 is 2.32 bits per heavy atom. The highest BCUT2D eigenvalue weighted by Gasteiger charge is 2.20. The van der Waals surface area contributed by atoms with Crippen LogP contribution in [0.3, 0.4) is 0 Å². The van der Waals surface area contributed by atoms with Gasteiger partial charge in [0.05, 0.1) is 6.61 Å². The molecule has 0 amide bonds. The number of carbonyl (C=O) groups excluding carboxylic acids is 1. The highest BCUT2D eigenvalue weighted by molar-refractivity contribution is 5.94. The molecule has 0 aromatic heterocycles. The fraction of sp³-hybridized carbons (Fsp3) is 0.533. The van der Waals surface area contributed by atoms with Crippen LogP contribution in [0.1, 0.15) is 36.5 Å². The Bertz CT molecular complexity index is 461. The maximum atomic E-state index is 13.7. The lowest BCUT2D eigenvalue weighted by Crippen LogP contribution is -2.26. The summed E-state index contributed by atoms with van der Waals surface area (Å²) in [6.45, 7) is 3.06. The zero-order valence-corrected chi connectivity index (χ0v) is 11.5. The molecule has 0 spiro atoms.